The molecule has 2 aliphatic heterocycles. The minimum atomic E-state index is 0.523. The predicted molar refractivity (Wildman–Crippen MR) is 82.4 cm³/mol. The fourth-order valence-electron chi connectivity index (χ4n) is 3.17. The number of rotatable bonds is 5. The van der Waals surface area contributed by atoms with E-state index in [-0.39, 0.29) is 0 Å². The Morgan fingerprint density at radius 3 is 2.61 bits per heavy atom. The lowest BCUT2D eigenvalue weighted by molar-refractivity contribution is 0.179. The Kier molecular flexibility index (Phi) is 5.40. The van der Waals surface area contributed by atoms with Gasteiger partial charge in [-0.3, -0.25) is 0 Å². The van der Waals surface area contributed by atoms with Crippen LogP contribution in [0.1, 0.15) is 46.5 Å². The van der Waals surface area contributed by atoms with Crippen LogP contribution in [0.2, 0.25) is 0 Å². The van der Waals surface area contributed by atoms with Gasteiger partial charge >= 0.3 is 0 Å². The van der Waals surface area contributed by atoms with Gasteiger partial charge in [0.2, 0.25) is 0 Å². The summed E-state index contributed by atoms with van der Waals surface area (Å²) in [5.41, 5.74) is 0. The molecule has 2 aliphatic rings. The Bertz CT molecular complexity index is 241. The van der Waals surface area contributed by atoms with Crippen molar-refractivity contribution in [2.24, 2.45) is 5.92 Å². The lowest BCUT2D eigenvalue weighted by Crippen LogP contribution is -2.46. The van der Waals surface area contributed by atoms with Crippen LogP contribution >= 0.6 is 11.8 Å². The van der Waals surface area contributed by atoms with Gasteiger partial charge in [-0.1, -0.05) is 13.8 Å². The minimum absolute atomic E-state index is 0.523. The van der Waals surface area contributed by atoms with Crippen molar-refractivity contribution in [3.8, 4) is 0 Å². The molecular formula is C15H30N2S. The zero-order valence-corrected chi connectivity index (χ0v) is 13.2. The quantitative estimate of drug-likeness (QED) is 0.827. The summed E-state index contributed by atoms with van der Waals surface area (Å²) >= 11 is 2.17. The third-order valence-electron chi connectivity index (χ3n) is 4.28. The summed E-state index contributed by atoms with van der Waals surface area (Å²) in [5.74, 6) is 2.17. The van der Waals surface area contributed by atoms with E-state index in [0.29, 0.717) is 4.75 Å². The molecule has 0 spiro atoms. The summed E-state index contributed by atoms with van der Waals surface area (Å²) in [6.45, 7) is 12.2. The molecular weight excluding hydrogens is 240 g/mol. The number of nitrogens with zero attached hydrogens (tertiary/aromatic N) is 1. The van der Waals surface area contributed by atoms with Gasteiger partial charge < -0.3 is 10.2 Å². The molecule has 2 rings (SSSR count). The topological polar surface area (TPSA) is 15.3 Å². The molecule has 18 heavy (non-hydrogen) atoms. The molecule has 1 N–H and O–H groups in total. The Hall–Kier alpha value is 0.270. The molecule has 0 aliphatic carbocycles. The number of thioether (sulfide) groups is 1. The lowest BCUT2D eigenvalue weighted by Gasteiger charge is -2.35. The van der Waals surface area contributed by atoms with Crippen molar-refractivity contribution in [1.29, 1.82) is 0 Å². The van der Waals surface area contributed by atoms with Gasteiger partial charge in [0, 0.05) is 23.9 Å². The van der Waals surface area contributed by atoms with Crippen molar-refractivity contribution >= 4 is 11.8 Å². The molecule has 3 heteroatoms. The van der Waals surface area contributed by atoms with Crippen LogP contribution in [0.3, 0.4) is 0 Å². The van der Waals surface area contributed by atoms with Gasteiger partial charge in [-0.05, 0) is 57.4 Å². The van der Waals surface area contributed by atoms with Crippen molar-refractivity contribution in [2.75, 3.05) is 31.9 Å². The first-order valence-corrected chi connectivity index (χ1v) is 8.66. The van der Waals surface area contributed by atoms with Crippen molar-refractivity contribution in [2.45, 2.75) is 57.2 Å². The average molecular weight is 270 g/mol. The smallest absolute Gasteiger partial charge is 0.0256 e. The van der Waals surface area contributed by atoms with E-state index in [2.05, 4.69) is 42.7 Å². The second-order valence-corrected chi connectivity index (χ2v) is 8.43. The Morgan fingerprint density at radius 2 is 2.06 bits per heavy atom. The highest BCUT2D eigenvalue weighted by molar-refractivity contribution is 8.00. The highest BCUT2D eigenvalue weighted by Crippen LogP contribution is 2.37. The molecule has 2 heterocycles. The number of hydrogen-bond donors (Lipinski definition) is 1. The zero-order valence-electron chi connectivity index (χ0n) is 12.4. The summed E-state index contributed by atoms with van der Waals surface area (Å²) in [6, 6.07) is 0.770. The second kappa shape index (κ2) is 6.62. The van der Waals surface area contributed by atoms with Crippen LogP contribution in [-0.4, -0.2) is 47.6 Å². The fourth-order valence-corrected chi connectivity index (χ4v) is 4.43. The van der Waals surface area contributed by atoms with Gasteiger partial charge in [-0.15, -0.1) is 0 Å². The first-order valence-electron chi connectivity index (χ1n) is 7.67. The maximum Gasteiger partial charge on any atom is 0.0256 e. The van der Waals surface area contributed by atoms with Gasteiger partial charge in [-0.25, -0.2) is 0 Å². The van der Waals surface area contributed by atoms with Crippen molar-refractivity contribution in [3.63, 3.8) is 0 Å². The Morgan fingerprint density at radius 1 is 1.33 bits per heavy atom. The van der Waals surface area contributed by atoms with Crippen molar-refractivity contribution in [1.82, 2.24) is 10.2 Å². The van der Waals surface area contributed by atoms with E-state index in [1.165, 1.54) is 57.6 Å². The molecule has 0 aromatic heterocycles. The molecule has 1 unspecified atom stereocenters. The predicted octanol–water partition coefficient (Wildman–Crippen LogP) is 2.98. The van der Waals surface area contributed by atoms with Gasteiger partial charge in [0.1, 0.15) is 0 Å². The molecule has 0 aromatic rings. The molecule has 2 fully saturated rings. The van der Waals surface area contributed by atoms with Crippen molar-refractivity contribution in [3.05, 3.63) is 0 Å². The molecule has 0 amide bonds. The van der Waals surface area contributed by atoms with Gasteiger partial charge in [0.25, 0.3) is 0 Å². The summed E-state index contributed by atoms with van der Waals surface area (Å²) in [4.78, 5) is 2.63. The largest absolute Gasteiger partial charge is 0.313 e. The van der Waals surface area contributed by atoms with Crippen LogP contribution in [0.15, 0.2) is 0 Å². The van der Waals surface area contributed by atoms with Crippen LogP contribution in [0.5, 0.6) is 0 Å². The van der Waals surface area contributed by atoms with E-state index in [4.69, 9.17) is 0 Å². The fraction of sp³-hybridized carbons (Fsp3) is 1.00. The van der Waals surface area contributed by atoms with Crippen LogP contribution in [0.25, 0.3) is 0 Å². The van der Waals surface area contributed by atoms with E-state index in [1.807, 2.05) is 0 Å². The molecule has 2 saturated heterocycles. The zero-order chi connectivity index (χ0) is 13.0. The molecule has 0 saturated carbocycles. The van der Waals surface area contributed by atoms with Gasteiger partial charge in [-0.2, -0.15) is 11.8 Å². The highest BCUT2D eigenvalue weighted by atomic mass is 32.2. The first kappa shape index (κ1) is 14.7. The maximum atomic E-state index is 3.83. The van der Waals surface area contributed by atoms with E-state index >= 15 is 0 Å². The third kappa shape index (κ3) is 4.43. The lowest BCUT2D eigenvalue weighted by atomic mass is 10.0. The molecule has 0 aromatic carbocycles. The Labute approximate surface area is 117 Å². The normalized spacial score (nSPS) is 31.3. The summed E-state index contributed by atoms with van der Waals surface area (Å²) in [6.07, 6.45) is 5.49. The van der Waals surface area contributed by atoms with E-state index in [9.17, 15) is 0 Å². The Balaban J connectivity index is 1.64. The summed E-state index contributed by atoms with van der Waals surface area (Å²) < 4.78 is 0.523. The molecule has 0 radical (unpaired) electrons. The average Bonchev–Trinajstić information content (AvgIpc) is 2.75. The molecule has 106 valence electrons. The van der Waals surface area contributed by atoms with Crippen LogP contribution in [0.4, 0.5) is 0 Å². The molecule has 1 atom stereocenters. The SMILES string of the molecule is CC(C)CN1CCC(NCC2(C)CCCS2)CC1. The highest BCUT2D eigenvalue weighted by Gasteiger charge is 2.30. The van der Waals surface area contributed by atoms with Crippen LogP contribution in [0, 0.1) is 5.92 Å². The summed E-state index contributed by atoms with van der Waals surface area (Å²) in [7, 11) is 0. The number of nitrogens with one attached hydrogen (secondary N) is 1. The van der Waals surface area contributed by atoms with E-state index in [0.717, 1.165) is 12.0 Å². The number of piperidine rings is 1. The standard InChI is InChI=1S/C15H30N2S/c1-13(2)11-17-8-5-14(6-9-17)16-12-15(3)7-4-10-18-15/h13-14,16H,4-12H2,1-3H3. The monoisotopic (exact) mass is 270 g/mol. The minimum Gasteiger partial charge on any atom is -0.313 e. The first-order chi connectivity index (χ1) is 8.57. The van der Waals surface area contributed by atoms with E-state index in [1.54, 1.807) is 0 Å². The second-order valence-electron chi connectivity index (χ2n) is 6.75. The van der Waals surface area contributed by atoms with Crippen LogP contribution < -0.4 is 5.32 Å². The summed E-state index contributed by atoms with van der Waals surface area (Å²) in [5, 5.41) is 3.83. The molecule has 0 bridgehead atoms. The van der Waals surface area contributed by atoms with Gasteiger partial charge in [0.05, 0.1) is 0 Å². The van der Waals surface area contributed by atoms with Crippen LogP contribution in [-0.2, 0) is 0 Å². The number of likely N-dealkylation sites (tertiary alicyclic amines) is 1. The molecule has 2 nitrogen and oxygen atoms in total. The number of hydrogen-bond acceptors (Lipinski definition) is 3. The third-order valence-corrected chi connectivity index (χ3v) is 5.81. The maximum absolute atomic E-state index is 3.83. The van der Waals surface area contributed by atoms with E-state index < -0.39 is 0 Å². The van der Waals surface area contributed by atoms with Crippen molar-refractivity contribution < 1.29 is 0 Å². The van der Waals surface area contributed by atoms with Gasteiger partial charge in [0.15, 0.2) is 0 Å².